The van der Waals surface area contributed by atoms with E-state index in [1.165, 1.54) is 14.2 Å². The monoisotopic (exact) mass is 450 g/mol. The smallest absolute Gasteiger partial charge is 0.293 e. The first-order valence-electron chi connectivity index (χ1n) is 9.74. The fourth-order valence-corrected chi connectivity index (χ4v) is 3.39. The van der Waals surface area contributed by atoms with Crippen LogP contribution in [0.4, 0.5) is 11.6 Å². The second-order valence-corrected chi connectivity index (χ2v) is 6.86. The van der Waals surface area contributed by atoms with E-state index < -0.39 is 5.56 Å². The lowest BCUT2D eigenvalue weighted by atomic mass is 10.0. The minimum Gasteiger partial charge on any atom is -0.497 e. The molecule has 2 aromatic heterocycles. The normalized spacial score (nSPS) is 10.4. The van der Waals surface area contributed by atoms with Gasteiger partial charge >= 0.3 is 0 Å². The highest BCUT2D eigenvalue weighted by atomic mass is 16.6. The maximum Gasteiger partial charge on any atom is 0.293 e. The number of aromatic nitrogens is 3. The number of aliphatic hydroxyl groups is 1. The number of fused-ring (bicyclic) bond motifs is 1. The van der Waals surface area contributed by atoms with Crippen molar-refractivity contribution in [2.24, 2.45) is 0 Å². The number of nitrogens with one attached hydrogen (secondary N) is 1. The minimum atomic E-state index is -0.404. The average Bonchev–Trinajstić information content (AvgIpc) is 2.83. The molecule has 9 nitrogen and oxygen atoms in total. The zero-order chi connectivity index (χ0) is 22.7. The van der Waals surface area contributed by atoms with Crippen LogP contribution < -0.4 is 25.2 Å². The van der Waals surface area contributed by atoms with Crippen LogP contribution in [-0.4, -0.2) is 41.1 Å². The molecule has 4 aromatic rings. The Morgan fingerprint density at radius 3 is 2.55 bits per heavy atom. The van der Waals surface area contributed by atoms with Crippen LogP contribution in [0.2, 0.25) is 0 Å². The molecule has 0 fully saturated rings. The number of nitrogens with zero attached hydrogens (tertiary/aromatic N) is 3. The first-order chi connectivity index (χ1) is 15.6. The molecule has 0 aliphatic rings. The van der Waals surface area contributed by atoms with Gasteiger partial charge in [0.2, 0.25) is 5.95 Å². The Balaban J connectivity index is 0.00000306. The van der Waals surface area contributed by atoms with Gasteiger partial charge in [-0.15, -0.1) is 4.73 Å². The summed E-state index contributed by atoms with van der Waals surface area (Å²) < 4.78 is 11.9. The standard InChI is InChI=1S/C23H22N4O5.CH4/c1-30-17-7-8-20(31-2)18(11-17)19-10-15-12-24-23(26-21(15)27(32-3)22(19)29)25-16-6-4-5-14(9-16)13-28;/h4-12,28H,13H2,1-3H3,(H,24,25,26);1H4. The van der Waals surface area contributed by atoms with Crippen LogP contribution >= 0.6 is 0 Å². The van der Waals surface area contributed by atoms with E-state index in [0.29, 0.717) is 39.3 Å². The first-order valence-corrected chi connectivity index (χ1v) is 9.74. The summed E-state index contributed by atoms with van der Waals surface area (Å²) in [7, 11) is 4.49. The van der Waals surface area contributed by atoms with Crippen molar-refractivity contribution in [1.29, 1.82) is 0 Å². The molecule has 0 amide bonds. The second kappa shape index (κ2) is 10.0. The van der Waals surface area contributed by atoms with E-state index in [1.54, 1.807) is 43.6 Å². The summed E-state index contributed by atoms with van der Waals surface area (Å²) in [5.41, 5.74) is 2.28. The summed E-state index contributed by atoms with van der Waals surface area (Å²) in [4.78, 5) is 27.5. The molecule has 0 unspecified atom stereocenters. The summed E-state index contributed by atoms with van der Waals surface area (Å²) in [5, 5.41) is 13.0. The number of pyridine rings is 1. The van der Waals surface area contributed by atoms with Crippen LogP contribution in [0, 0.1) is 0 Å². The van der Waals surface area contributed by atoms with Crippen LogP contribution in [0.5, 0.6) is 11.5 Å². The Bertz CT molecular complexity index is 1340. The molecule has 172 valence electrons. The van der Waals surface area contributed by atoms with Crippen molar-refractivity contribution in [3.63, 3.8) is 0 Å². The van der Waals surface area contributed by atoms with Gasteiger partial charge in [0, 0.05) is 22.8 Å². The molecule has 0 bridgehead atoms. The average molecular weight is 450 g/mol. The lowest BCUT2D eigenvalue weighted by molar-refractivity contribution is 0.168. The molecule has 33 heavy (non-hydrogen) atoms. The largest absolute Gasteiger partial charge is 0.497 e. The van der Waals surface area contributed by atoms with E-state index in [0.717, 1.165) is 10.3 Å². The van der Waals surface area contributed by atoms with E-state index in [4.69, 9.17) is 14.3 Å². The molecular formula is C24H26N4O5. The van der Waals surface area contributed by atoms with Gasteiger partial charge in [-0.05, 0) is 42.0 Å². The first kappa shape index (κ1) is 23.6. The molecule has 0 spiro atoms. The van der Waals surface area contributed by atoms with Crippen molar-refractivity contribution in [2.75, 3.05) is 26.6 Å². The summed E-state index contributed by atoms with van der Waals surface area (Å²) >= 11 is 0. The quantitative estimate of drug-likeness (QED) is 0.441. The van der Waals surface area contributed by atoms with E-state index in [9.17, 15) is 9.90 Å². The van der Waals surface area contributed by atoms with Crippen LogP contribution in [0.25, 0.3) is 22.2 Å². The highest BCUT2D eigenvalue weighted by molar-refractivity contribution is 5.83. The molecule has 0 aliphatic heterocycles. The maximum absolute atomic E-state index is 13.3. The molecule has 4 rings (SSSR count). The molecule has 0 atom stereocenters. The molecule has 2 heterocycles. The molecule has 9 heteroatoms. The van der Waals surface area contributed by atoms with Gasteiger partial charge in [-0.3, -0.25) is 4.79 Å². The van der Waals surface area contributed by atoms with Gasteiger partial charge in [-0.1, -0.05) is 19.6 Å². The number of anilines is 2. The van der Waals surface area contributed by atoms with Crippen LogP contribution in [0.15, 0.2) is 59.5 Å². The third-order valence-corrected chi connectivity index (χ3v) is 4.95. The summed E-state index contributed by atoms with van der Waals surface area (Å²) in [6.45, 7) is -0.0756. The van der Waals surface area contributed by atoms with Crippen molar-refractivity contribution in [3.8, 4) is 22.6 Å². The number of hydrogen-bond acceptors (Lipinski definition) is 8. The highest BCUT2D eigenvalue weighted by Gasteiger charge is 2.17. The number of benzene rings is 2. The van der Waals surface area contributed by atoms with Crippen molar-refractivity contribution in [1.82, 2.24) is 14.7 Å². The summed E-state index contributed by atoms with van der Waals surface area (Å²) in [6.07, 6.45) is 1.60. The zero-order valence-corrected chi connectivity index (χ0v) is 17.8. The third kappa shape index (κ3) is 4.58. The lowest BCUT2D eigenvalue weighted by Gasteiger charge is -2.14. The van der Waals surface area contributed by atoms with Gasteiger partial charge in [0.15, 0.2) is 5.65 Å². The molecule has 0 saturated carbocycles. The van der Waals surface area contributed by atoms with Crippen LogP contribution in [0.1, 0.15) is 13.0 Å². The van der Waals surface area contributed by atoms with Gasteiger partial charge in [0.05, 0.1) is 26.4 Å². The fourth-order valence-electron chi connectivity index (χ4n) is 3.39. The predicted molar refractivity (Wildman–Crippen MR) is 127 cm³/mol. The number of ether oxygens (including phenoxy) is 2. The molecular weight excluding hydrogens is 424 g/mol. The van der Waals surface area contributed by atoms with Crippen LogP contribution in [0.3, 0.4) is 0 Å². The number of aliphatic hydroxyl groups excluding tert-OH is 1. The Morgan fingerprint density at radius 1 is 1.03 bits per heavy atom. The van der Waals surface area contributed by atoms with E-state index in [1.807, 2.05) is 18.2 Å². The van der Waals surface area contributed by atoms with E-state index >= 15 is 0 Å². The molecule has 2 N–H and O–H groups in total. The van der Waals surface area contributed by atoms with E-state index in [-0.39, 0.29) is 20.0 Å². The predicted octanol–water partition coefficient (Wildman–Crippen LogP) is 3.41. The SMILES string of the molecule is C.COc1ccc(OC)c(-c2cc3cnc(Nc4cccc(CO)c4)nc3n(OC)c2=O)c1. The Kier molecular flexibility index (Phi) is 7.14. The van der Waals surface area contributed by atoms with E-state index in [2.05, 4.69) is 15.3 Å². The van der Waals surface area contributed by atoms with Gasteiger partial charge < -0.3 is 24.7 Å². The maximum atomic E-state index is 13.3. The summed E-state index contributed by atoms with van der Waals surface area (Å²) in [6, 6.07) is 14.2. The molecule has 0 radical (unpaired) electrons. The number of rotatable bonds is 7. The Morgan fingerprint density at radius 2 is 1.85 bits per heavy atom. The fraction of sp³-hybridized carbons (Fsp3) is 0.208. The van der Waals surface area contributed by atoms with Crippen LogP contribution in [-0.2, 0) is 6.61 Å². The molecule has 0 saturated heterocycles. The number of hydrogen-bond donors (Lipinski definition) is 2. The van der Waals surface area contributed by atoms with Gasteiger partial charge in [0.1, 0.15) is 18.6 Å². The van der Waals surface area contributed by atoms with Gasteiger partial charge in [0.25, 0.3) is 5.56 Å². The molecule has 0 aliphatic carbocycles. The Labute approximate surface area is 191 Å². The van der Waals surface area contributed by atoms with Gasteiger partial charge in [-0.2, -0.15) is 4.98 Å². The minimum absolute atomic E-state index is 0. The Hall–Kier alpha value is -4.11. The van der Waals surface area contributed by atoms with Crippen molar-refractivity contribution in [2.45, 2.75) is 14.0 Å². The van der Waals surface area contributed by atoms with Crippen molar-refractivity contribution < 1.29 is 19.4 Å². The third-order valence-electron chi connectivity index (χ3n) is 4.95. The van der Waals surface area contributed by atoms with Gasteiger partial charge in [-0.25, -0.2) is 4.98 Å². The molecule has 2 aromatic carbocycles. The van der Waals surface area contributed by atoms with Crippen molar-refractivity contribution >= 4 is 22.7 Å². The van der Waals surface area contributed by atoms with Crippen molar-refractivity contribution in [3.05, 3.63) is 70.6 Å². The second-order valence-electron chi connectivity index (χ2n) is 6.86. The topological polar surface area (TPSA) is 108 Å². The summed E-state index contributed by atoms with van der Waals surface area (Å²) in [5.74, 6) is 1.39. The number of methoxy groups -OCH3 is 2. The highest BCUT2D eigenvalue weighted by Crippen LogP contribution is 2.32. The zero-order valence-electron chi connectivity index (χ0n) is 17.8. The lowest BCUT2D eigenvalue weighted by Crippen LogP contribution is -2.27.